The van der Waals surface area contributed by atoms with Crippen molar-refractivity contribution >= 4 is 0 Å². The van der Waals surface area contributed by atoms with Gasteiger partial charge in [-0.2, -0.15) is 0 Å². The highest BCUT2D eigenvalue weighted by atomic mass is 16.7. The molecule has 1 saturated carbocycles. The Hall–Kier alpha value is -0.200. The molecule has 1 aliphatic carbocycles. The molecule has 3 fully saturated rings. The Kier molecular flexibility index (Phi) is 3.60. The van der Waals surface area contributed by atoms with Gasteiger partial charge in [0.15, 0.2) is 5.79 Å². The lowest BCUT2D eigenvalue weighted by Crippen LogP contribution is -2.50. The molecular formula is C13H23NO4. The van der Waals surface area contributed by atoms with Crippen molar-refractivity contribution in [2.75, 3.05) is 33.5 Å². The summed E-state index contributed by atoms with van der Waals surface area (Å²) in [5.41, 5.74) is 0. The monoisotopic (exact) mass is 257 g/mol. The van der Waals surface area contributed by atoms with Gasteiger partial charge in [0.05, 0.1) is 38.6 Å². The third kappa shape index (κ3) is 2.30. The largest absolute Gasteiger partial charge is 0.389 e. The number of nitrogens with zero attached hydrogens (tertiary/aromatic N) is 1. The van der Waals surface area contributed by atoms with Crippen molar-refractivity contribution in [1.82, 2.24) is 4.90 Å². The van der Waals surface area contributed by atoms with Gasteiger partial charge in [0.25, 0.3) is 0 Å². The van der Waals surface area contributed by atoms with Gasteiger partial charge in [-0.25, -0.2) is 0 Å². The highest BCUT2D eigenvalue weighted by Crippen LogP contribution is 2.37. The van der Waals surface area contributed by atoms with Gasteiger partial charge in [-0.15, -0.1) is 0 Å². The molecule has 2 aliphatic heterocycles. The van der Waals surface area contributed by atoms with E-state index in [1.807, 2.05) is 0 Å². The summed E-state index contributed by atoms with van der Waals surface area (Å²) in [5, 5.41) is 9.88. The number of ether oxygens (including phenoxy) is 3. The van der Waals surface area contributed by atoms with Crippen LogP contribution in [-0.4, -0.2) is 67.5 Å². The molecular weight excluding hydrogens is 234 g/mol. The molecule has 1 spiro atoms. The molecule has 0 radical (unpaired) electrons. The molecule has 18 heavy (non-hydrogen) atoms. The molecule has 1 N–H and O–H groups in total. The lowest BCUT2D eigenvalue weighted by Gasteiger charge is -2.41. The molecule has 3 aliphatic rings. The van der Waals surface area contributed by atoms with Crippen molar-refractivity contribution in [2.24, 2.45) is 0 Å². The van der Waals surface area contributed by atoms with E-state index in [1.165, 1.54) is 0 Å². The van der Waals surface area contributed by atoms with Gasteiger partial charge in [0.1, 0.15) is 0 Å². The summed E-state index contributed by atoms with van der Waals surface area (Å²) in [5.74, 6) is -0.290. The maximum absolute atomic E-state index is 9.88. The lowest BCUT2D eigenvalue weighted by atomic mass is 9.88. The molecule has 3 rings (SSSR count). The van der Waals surface area contributed by atoms with Crippen molar-refractivity contribution in [3.8, 4) is 0 Å². The molecule has 0 aromatic carbocycles. The van der Waals surface area contributed by atoms with Crippen LogP contribution in [-0.2, 0) is 14.2 Å². The summed E-state index contributed by atoms with van der Waals surface area (Å²) in [7, 11) is 2.10. The minimum absolute atomic E-state index is 0.148. The average molecular weight is 257 g/mol. The number of hydrogen-bond donors (Lipinski definition) is 1. The van der Waals surface area contributed by atoms with Crippen molar-refractivity contribution < 1.29 is 19.3 Å². The van der Waals surface area contributed by atoms with Gasteiger partial charge in [-0.05, 0) is 19.9 Å². The molecule has 2 saturated heterocycles. The van der Waals surface area contributed by atoms with Crippen LogP contribution in [0.15, 0.2) is 0 Å². The SMILES string of the molecule is CN(C1CCC2(CC1)OCCO2)C1COCC1O. The van der Waals surface area contributed by atoms with Gasteiger partial charge in [-0.1, -0.05) is 0 Å². The van der Waals surface area contributed by atoms with Crippen LogP contribution in [0.25, 0.3) is 0 Å². The minimum Gasteiger partial charge on any atom is -0.389 e. The fraction of sp³-hybridized carbons (Fsp3) is 1.00. The molecule has 104 valence electrons. The van der Waals surface area contributed by atoms with Gasteiger partial charge < -0.3 is 19.3 Å². The predicted octanol–water partition coefficient (Wildman–Crippen LogP) is 0.364. The molecule has 0 aromatic rings. The van der Waals surface area contributed by atoms with Crippen LogP contribution in [0, 0.1) is 0 Å². The summed E-state index contributed by atoms with van der Waals surface area (Å²) >= 11 is 0. The van der Waals surface area contributed by atoms with E-state index in [2.05, 4.69) is 11.9 Å². The number of hydrogen-bond acceptors (Lipinski definition) is 5. The van der Waals surface area contributed by atoms with Crippen molar-refractivity contribution in [3.63, 3.8) is 0 Å². The molecule has 5 nitrogen and oxygen atoms in total. The maximum Gasteiger partial charge on any atom is 0.168 e. The Morgan fingerprint density at radius 3 is 2.33 bits per heavy atom. The summed E-state index contributed by atoms with van der Waals surface area (Å²) in [6.07, 6.45) is 3.72. The van der Waals surface area contributed by atoms with Crippen LogP contribution < -0.4 is 0 Å². The maximum atomic E-state index is 9.88. The smallest absolute Gasteiger partial charge is 0.168 e. The van der Waals surface area contributed by atoms with E-state index in [0.717, 1.165) is 38.9 Å². The van der Waals surface area contributed by atoms with Crippen LogP contribution in [0.1, 0.15) is 25.7 Å². The summed E-state index contributed by atoms with van der Waals surface area (Å²) in [4.78, 5) is 2.29. The zero-order chi connectivity index (χ0) is 12.6. The molecule has 5 heteroatoms. The van der Waals surface area contributed by atoms with E-state index in [9.17, 15) is 5.11 Å². The topological polar surface area (TPSA) is 51.2 Å². The Morgan fingerprint density at radius 2 is 1.78 bits per heavy atom. The van der Waals surface area contributed by atoms with Gasteiger partial charge >= 0.3 is 0 Å². The van der Waals surface area contributed by atoms with Gasteiger partial charge in [0, 0.05) is 18.9 Å². The van der Waals surface area contributed by atoms with Crippen LogP contribution >= 0.6 is 0 Å². The van der Waals surface area contributed by atoms with E-state index < -0.39 is 0 Å². The predicted molar refractivity (Wildman–Crippen MR) is 65.3 cm³/mol. The fourth-order valence-electron chi connectivity index (χ4n) is 3.43. The number of aliphatic hydroxyl groups is 1. The third-order valence-corrected chi connectivity index (χ3v) is 4.65. The van der Waals surface area contributed by atoms with E-state index in [1.54, 1.807) is 0 Å². The lowest BCUT2D eigenvalue weighted by molar-refractivity contribution is -0.184. The Morgan fingerprint density at radius 1 is 1.11 bits per heavy atom. The zero-order valence-electron chi connectivity index (χ0n) is 11.0. The van der Waals surface area contributed by atoms with Crippen molar-refractivity contribution in [3.05, 3.63) is 0 Å². The Bertz CT molecular complexity index is 283. The number of aliphatic hydroxyl groups excluding tert-OH is 1. The van der Waals surface area contributed by atoms with Crippen LogP contribution in [0.5, 0.6) is 0 Å². The van der Waals surface area contributed by atoms with Gasteiger partial charge in [-0.3, -0.25) is 4.90 Å². The second-order valence-electron chi connectivity index (χ2n) is 5.68. The first-order valence-electron chi connectivity index (χ1n) is 6.96. The molecule has 0 amide bonds. The standard InChI is InChI=1S/C13H23NO4/c1-14(11-8-16-9-12(11)15)10-2-4-13(5-3-10)17-6-7-18-13/h10-12,15H,2-9H2,1H3. The van der Waals surface area contributed by atoms with Crippen LogP contribution in [0.3, 0.4) is 0 Å². The quantitative estimate of drug-likeness (QED) is 0.774. The summed E-state index contributed by atoms with van der Waals surface area (Å²) in [6, 6.07) is 0.652. The second kappa shape index (κ2) is 5.06. The average Bonchev–Trinajstić information content (AvgIpc) is 2.99. The molecule has 2 unspecified atom stereocenters. The molecule has 0 bridgehead atoms. The first kappa shape index (κ1) is 12.8. The Balaban J connectivity index is 1.55. The minimum atomic E-state index is -0.343. The first-order valence-corrected chi connectivity index (χ1v) is 6.96. The fourth-order valence-corrected chi connectivity index (χ4v) is 3.43. The van der Waals surface area contributed by atoms with E-state index in [-0.39, 0.29) is 17.9 Å². The molecule has 0 aromatic heterocycles. The normalized spacial score (nSPS) is 36.8. The van der Waals surface area contributed by atoms with Crippen LogP contribution in [0.2, 0.25) is 0 Å². The van der Waals surface area contributed by atoms with Gasteiger partial charge in [0.2, 0.25) is 0 Å². The van der Waals surface area contributed by atoms with Crippen LogP contribution in [0.4, 0.5) is 0 Å². The number of likely N-dealkylation sites (N-methyl/N-ethyl adjacent to an activating group) is 1. The highest BCUT2D eigenvalue weighted by Gasteiger charge is 2.43. The molecule has 2 atom stereocenters. The molecule has 2 heterocycles. The third-order valence-electron chi connectivity index (χ3n) is 4.65. The van der Waals surface area contributed by atoms with E-state index in [0.29, 0.717) is 19.3 Å². The van der Waals surface area contributed by atoms with E-state index in [4.69, 9.17) is 14.2 Å². The van der Waals surface area contributed by atoms with Crippen molar-refractivity contribution in [2.45, 2.75) is 49.7 Å². The number of rotatable bonds is 2. The Labute approximate surface area is 108 Å². The summed E-state index contributed by atoms with van der Waals surface area (Å²) < 4.78 is 16.8. The summed E-state index contributed by atoms with van der Waals surface area (Å²) in [6.45, 7) is 2.58. The van der Waals surface area contributed by atoms with Crippen molar-refractivity contribution in [1.29, 1.82) is 0 Å². The zero-order valence-corrected chi connectivity index (χ0v) is 11.0. The highest BCUT2D eigenvalue weighted by molar-refractivity contribution is 4.91. The first-order chi connectivity index (χ1) is 8.70. The van der Waals surface area contributed by atoms with E-state index >= 15 is 0 Å². The second-order valence-corrected chi connectivity index (χ2v) is 5.68.